The van der Waals surface area contributed by atoms with Crippen molar-refractivity contribution in [2.45, 2.75) is 25.3 Å². The van der Waals surface area contributed by atoms with Crippen LogP contribution in [0.3, 0.4) is 0 Å². The van der Waals surface area contributed by atoms with Crippen LogP contribution in [0.4, 0.5) is 0 Å². The first-order valence-electron chi connectivity index (χ1n) is 7.89. The van der Waals surface area contributed by atoms with Crippen molar-refractivity contribution in [2.24, 2.45) is 5.92 Å². The highest BCUT2D eigenvalue weighted by Crippen LogP contribution is 2.28. The molecule has 2 aromatic rings. The SMILES string of the molecule is O=C(N[C@@H]1CC2CCN(CC2)C1)c1ccc2occ(Cl)c2c1. The molecule has 1 aromatic heterocycles. The van der Waals surface area contributed by atoms with Crippen molar-refractivity contribution in [3.8, 4) is 0 Å². The summed E-state index contributed by atoms with van der Waals surface area (Å²) in [6.45, 7) is 3.32. The summed E-state index contributed by atoms with van der Waals surface area (Å²) in [6, 6.07) is 5.65. The van der Waals surface area contributed by atoms with Gasteiger partial charge in [0, 0.05) is 23.5 Å². The lowest BCUT2D eigenvalue weighted by atomic mass is 9.94. The number of piperidine rings is 1. The lowest BCUT2D eigenvalue weighted by molar-refractivity contribution is 0.0929. The molecule has 22 heavy (non-hydrogen) atoms. The molecular weight excluding hydrogens is 300 g/mol. The van der Waals surface area contributed by atoms with Crippen molar-refractivity contribution in [3.05, 3.63) is 35.0 Å². The molecule has 3 aliphatic rings. The Labute approximate surface area is 134 Å². The van der Waals surface area contributed by atoms with Crippen LogP contribution in [0.1, 0.15) is 29.6 Å². The van der Waals surface area contributed by atoms with Gasteiger partial charge in [0.05, 0.1) is 5.02 Å². The summed E-state index contributed by atoms with van der Waals surface area (Å²) in [4.78, 5) is 15.0. The number of carbonyl (C=O) groups excluding carboxylic acids is 1. The van der Waals surface area contributed by atoms with E-state index in [2.05, 4.69) is 10.2 Å². The molecule has 0 spiro atoms. The lowest BCUT2D eigenvalue weighted by Crippen LogP contribution is -2.41. The van der Waals surface area contributed by atoms with Crippen molar-refractivity contribution < 1.29 is 9.21 Å². The number of hydrogen-bond acceptors (Lipinski definition) is 3. The molecule has 3 aliphatic heterocycles. The van der Waals surface area contributed by atoms with Gasteiger partial charge in [-0.2, -0.15) is 0 Å². The van der Waals surface area contributed by atoms with Crippen LogP contribution >= 0.6 is 11.6 Å². The fourth-order valence-corrected chi connectivity index (χ4v) is 3.90. The number of fused-ring (bicyclic) bond motifs is 5. The summed E-state index contributed by atoms with van der Waals surface area (Å²) in [6.07, 6.45) is 5.13. The van der Waals surface area contributed by atoms with E-state index in [0.717, 1.165) is 24.3 Å². The van der Waals surface area contributed by atoms with Crippen molar-refractivity contribution >= 4 is 28.5 Å². The Kier molecular flexibility index (Phi) is 3.59. The van der Waals surface area contributed by atoms with Gasteiger partial charge in [0.2, 0.25) is 0 Å². The van der Waals surface area contributed by atoms with Gasteiger partial charge in [0.15, 0.2) is 0 Å². The van der Waals surface area contributed by atoms with Crippen LogP contribution in [0, 0.1) is 5.92 Å². The molecule has 116 valence electrons. The van der Waals surface area contributed by atoms with Crippen molar-refractivity contribution in [1.29, 1.82) is 0 Å². The number of nitrogens with zero attached hydrogens (tertiary/aromatic N) is 1. The number of rotatable bonds is 2. The van der Waals surface area contributed by atoms with Crippen LogP contribution in [0.5, 0.6) is 0 Å². The second kappa shape index (κ2) is 5.60. The molecule has 0 saturated carbocycles. The van der Waals surface area contributed by atoms with E-state index < -0.39 is 0 Å². The smallest absolute Gasteiger partial charge is 0.251 e. The van der Waals surface area contributed by atoms with Crippen LogP contribution in [0.2, 0.25) is 5.02 Å². The van der Waals surface area contributed by atoms with E-state index in [0.29, 0.717) is 16.2 Å². The number of carbonyl (C=O) groups is 1. The number of hydrogen-bond donors (Lipinski definition) is 1. The van der Waals surface area contributed by atoms with E-state index in [-0.39, 0.29) is 11.9 Å². The zero-order valence-corrected chi connectivity index (χ0v) is 13.1. The summed E-state index contributed by atoms with van der Waals surface area (Å²) in [7, 11) is 0. The number of furan rings is 1. The van der Waals surface area contributed by atoms with Gasteiger partial charge >= 0.3 is 0 Å². The van der Waals surface area contributed by atoms with Crippen molar-refractivity contribution in [2.75, 3.05) is 19.6 Å². The Hall–Kier alpha value is -1.52. The van der Waals surface area contributed by atoms with E-state index in [1.54, 1.807) is 12.1 Å². The van der Waals surface area contributed by atoms with Crippen LogP contribution in [0.15, 0.2) is 28.9 Å². The molecule has 0 unspecified atom stereocenters. The molecule has 4 nitrogen and oxygen atoms in total. The maximum Gasteiger partial charge on any atom is 0.251 e. The predicted octanol–water partition coefficient (Wildman–Crippen LogP) is 3.30. The van der Waals surface area contributed by atoms with E-state index in [4.69, 9.17) is 16.0 Å². The average molecular weight is 319 g/mol. The molecule has 4 heterocycles. The minimum Gasteiger partial charge on any atom is -0.463 e. The van der Waals surface area contributed by atoms with Gasteiger partial charge in [-0.05, 0) is 56.5 Å². The Balaban J connectivity index is 1.52. The van der Waals surface area contributed by atoms with Crippen LogP contribution < -0.4 is 5.32 Å². The first-order chi connectivity index (χ1) is 10.7. The van der Waals surface area contributed by atoms with Gasteiger partial charge in [0.25, 0.3) is 5.91 Å². The molecule has 1 N–H and O–H groups in total. The second-order valence-electron chi connectivity index (χ2n) is 6.44. The minimum atomic E-state index is -0.0216. The molecule has 2 bridgehead atoms. The summed E-state index contributed by atoms with van der Waals surface area (Å²) < 4.78 is 5.32. The molecule has 0 aliphatic carbocycles. The summed E-state index contributed by atoms with van der Waals surface area (Å²) in [5, 5.41) is 4.53. The normalized spacial score (nSPS) is 27.8. The molecule has 3 fully saturated rings. The predicted molar refractivity (Wildman–Crippen MR) is 86.3 cm³/mol. The Bertz CT molecular complexity index is 690. The Morgan fingerprint density at radius 3 is 2.95 bits per heavy atom. The van der Waals surface area contributed by atoms with Crippen LogP contribution in [-0.2, 0) is 0 Å². The fraction of sp³-hybridized carbons (Fsp3) is 0.471. The summed E-state index contributed by atoms with van der Waals surface area (Å²) in [5.41, 5.74) is 1.35. The molecule has 1 aromatic carbocycles. The third-order valence-electron chi connectivity index (χ3n) is 4.93. The van der Waals surface area contributed by atoms with Gasteiger partial charge < -0.3 is 14.6 Å². The number of nitrogens with one attached hydrogen (secondary N) is 1. The number of amides is 1. The largest absolute Gasteiger partial charge is 0.463 e. The molecule has 5 heteroatoms. The average Bonchev–Trinajstić information content (AvgIpc) is 2.70. The van der Waals surface area contributed by atoms with Crippen molar-refractivity contribution in [1.82, 2.24) is 10.2 Å². The lowest BCUT2D eigenvalue weighted by Gasteiger charge is -2.26. The summed E-state index contributed by atoms with van der Waals surface area (Å²) >= 11 is 6.08. The number of benzene rings is 1. The molecule has 1 amide bonds. The maximum absolute atomic E-state index is 12.5. The monoisotopic (exact) mass is 318 g/mol. The van der Waals surface area contributed by atoms with Gasteiger partial charge in [-0.25, -0.2) is 0 Å². The van der Waals surface area contributed by atoms with E-state index >= 15 is 0 Å². The highest BCUT2D eigenvalue weighted by Gasteiger charge is 2.29. The Morgan fingerprint density at radius 1 is 1.32 bits per heavy atom. The van der Waals surface area contributed by atoms with Crippen LogP contribution in [-0.4, -0.2) is 36.5 Å². The zero-order valence-electron chi connectivity index (χ0n) is 12.3. The number of halogens is 1. The van der Waals surface area contributed by atoms with Gasteiger partial charge in [0.1, 0.15) is 11.8 Å². The second-order valence-corrected chi connectivity index (χ2v) is 6.85. The van der Waals surface area contributed by atoms with Gasteiger partial charge in [-0.1, -0.05) is 11.6 Å². The molecule has 0 radical (unpaired) electrons. The topological polar surface area (TPSA) is 45.5 Å². The van der Waals surface area contributed by atoms with Crippen molar-refractivity contribution in [3.63, 3.8) is 0 Å². The molecule has 3 saturated heterocycles. The van der Waals surface area contributed by atoms with E-state index in [1.807, 2.05) is 6.07 Å². The molecule has 5 rings (SSSR count). The molecular formula is C17H19ClN2O2. The van der Waals surface area contributed by atoms with E-state index in [9.17, 15) is 4.79 Å². The quantitative estimate of drug-likeness (QED) is 0.924. The maximum atomic E-state index is 12.5. The highest BCUT2D eigenvalue weighted by atomic mass is 35.5. The third-order valence-corrected chi connectivity index (χ3v) is 5.22. The first-order valence-corrected chi connectivity index (χ1v) is 8.27. The highest BCUT2D eigenvalue weighted by molar-refractivity contribution is 6.35. The third kappa shape index (κ3) is 2.61. The molecule has 1 atom stereocenters. The van der Waals surface area contributed by atoms with Gasteiger partial charge in [-0.3, -0.25) is 4.79 Å². The zero-order chi connectivity index (χ0) is 15.1. The Morgan fingerprint density at radius 2 is 2.14 bits per heavy atom. The minimum absolute atomic E-state index is 0.0216. The summed E-state index contributed by atoms with van der Waals surface area (Å²) in [5.74, 6) is 0.738. The first kappa shape index (κ1) is 14.1. The fourth-order valence-electron chi connectivity index (χ4n) is 3.71. The van der Waals surface area contributed by atoms with Crippen LogP contribution in [0.25, 0.3) is 11.0 Å². The standard InChI is InChI=1S/C17H19ClN2O2/c18-15-10-22-16-2-1-12(8-14(15)16)17(21)19-13-7-11-3-5-20(9-13)6-4-11/h1-2,8,10-11,13H,3-7,9H2,(H,19,21)/t13-/m1/s1. The van der Waals surface area contributed by atoms with Gasteiger partial charge in [-0.15, -0.1) is 0 Å². The van der Waals surface area contributed by atoms with E-state index in [1.165, 1.54) is 32.2 Å².